The van der Waals surface area contributed by atoms with Gasteiger partial charge in [0.1, 0.15) is 11.5 Å². The Hall–Kier alpha value is -4.41. The van der Waals surface area contributed by atoms with Gasteiger partial charge in [-0.15, -0.1) is 0 Å². The number of carbonyl (C=O) groups is 3. The second-order valence-electron chi connectivity index (χ2n) is 11.1. The SMILES string of the molecule is CCCN(CCC)C(=O)c1cc(C(N)=O)cc(C(=O)N[C@@H](Cc2cc(C)ccc2OC)[C@H](O)CNCc2cccc(OC)c2)c1. The van der Waals surface area contributed by atoms with Crippen LogP contribution in [0.3, 0.4) is 0 Å². The van der Waals surface area contributed by atoms with Gasteiger partial charge >= 0.3 is 0 Å². The number of ether oxygens (including phenoxy) is 2. The minimum absolute atomic E-state index is 0.0522. The molecular formula is C35H46N4O6. The van der Waals surface area contributed by atoms with Crippen LogP contribution in [-0.4, -0.2) is 73.7 Å². The van der Waals surface area contributed by atoms with Gasteiger partial charge < -0.3 is 35.8 Å². The lowest BCUT2D eigenvalue weighted by Crippen LogP contribution is -2.48. The van der Waals surface area contributed by atoms with Crippen LogP contribution in [0.1, 0.15) is 74.5 Å². The summed E-state index contributed by atoms with van der Waals surface area (Å²) in [6.07, 6.45) is 0.792. The molecule has 0 unspecified atom stereocenters. The molecule has 0 saturated carbocycles. The molecule has 0 aromatic heterocycles. The van der Waals surface area contributed by atoms with Gasteiger partial charge in [-0.25, -0.2) is 0 Å². The molecule has 0 saturated heterocycles. The van der Waals surface area contributed by atoms with Crippen molar-refractivity contribution in [2.45, 2.75) is 58.7 Å². The van der Waals surface area contributed by atoms with Crippen LogP contribution in [0.25, 0.3) is 0 Å². The highest BCUT2D eigenvalue weighted by Crippen LogP contribution is 2.23. The first-order valence-corrected chi connectivity index (χ1v) is 15.3. The summed E-state index contributed by atoms with van der Waals surface area (Å²) in [6, 6.07) is 16.9. The smallest absolute Gasteiger partial charge is 0.253 e. The predicted molar refractivity (Wildman–Crippen MR) is 175 cm³/mol. The Kier molecular flexibility index (Phi) is 13.4. The highest BCUT2D eigenvalue weighted by molar-refractivity contribution is 6.04. The number of benzene rings is 3. The van der Waals surface area contributed by atoms with E-state index in [0.717, 1.165) is 35.3 Å². The number of aliphatic hydroxyl groups excluding tert-OH is 1. The average molecular weight is 619 g/mol. The number of carbonyl (C=O) groups excluding carboxylic acids is 3. The van der Waals surface area contributed by atoms with Crippen LogP contribution >= 0.6 is 0 Å². The molecule has 10 heteroatoms. The van der Waals surface area contributed by atoms with Crippen molar-refractivity contribution in [2.75, 3.05) is 33.9 Å². The molecule has 0 aliphatic carbocycles. The molecule has 0 radical (unpaired) electrons. The maximum Gasteiger partial charge on any atom is 0.253 e. The molecule has 10 nitrogen and oxygen atoms in total. The van der Waals surface area contributed by atoms with Crippen molar-refractivity contribution in [3.63, 3.8) is 0 Å². The normalized spacial score (nSPS) is 12.2. The second-order valence-corrected chi connectivity index (χ2v) is 11.1. The zero-order valence-corrected chi connectivity index (χ0v) is 26.9. The summed E-state index contributed by atoms with van der Waals surface area (Å²) >= 11 is 0. The number of nitrogens with two attached hydrogens (primary N) is 1. The second kappa shape index (κ2) is 17.2. The summed E-state index contributed by atoms with van der Waals surface area (Å²) < 4.78 is 10.9. The first kappa shape index (κ1) is 35.1. The van der Waals surface area contributed by atoms with E-state index in [2.05, 4.69) is 10.6 Å². The molecule has 3 aromatic rings. The molecule has 0 aliphatic heterocycles. The number of rotatable bonds is 17. The van der Waals surface area contributed by atoms with Crippen LogP contribution in [-0.2, 0) is 13.0 Å². The molecule has 3 aromatic carbocycles. The summed E-state index contributed by atoms with van der Waals surface area (Å²) in [5.41, 5.74) is 8.74. The Labute approximate surface area is 265 Å². The molecule has 5 N–H and O–H groups in total. The maximum atomic E-state index is 13.7. The number of hydrogen-bond acceptors (Lipinski definition) is 7. The van der Waals surface area contributed by atoms with Crippen molar-refractivity contribution in [2.24, 2.45) is 5.73 Å². The van der Waals surface area contributed by atoms with E-state index < -0.39 is 24.0 Å². The Morgan fingerprint density at radius 2 is 1.60 bits per heavy atom. The summed E-state index contributed by atoms with van der Waals surface area (Å²) in [6.45, 7) is 7.65. The Morgan fingerprint density at radius 1 is 0.911 bits per heavy atom. The predicted octanol–water partition coefficient (Wildman–Crippen LogP) is 3.87. The van der Waals surface area contributed by atoms with Gasteiger partial charge in [0.05, 0.1) is 26.4 Å². The van der Waals surface area contributed by atoms with Gasteiger partial charge in [0.25, 0.3) is 11.8 Å². The third-order valence-corrected chi connectivity index (χ3v) is 7.47. The fourth-order valence-electron chi connectivity index (χ4n) is 5.19. The van der Waals surface area contributed by atoms with Crippen molar-refractivity contribution in [3.05, 3.63) is 94.0 Å². The van der Waals surface area contributed by atoms with E-state index in [4.69, 9.17) is 15.2 Å². The number of amides is 3. The molecule has 45 heavy (non-hydrogen) atoms. The van der Waals surface area contributed by atoms with E-state index in [-0.39, 0.29) is 35.6 Å². The molecule has 0 bridgehead atoms. The van der Waals surface area contributed by atoms with Gasteiger partial charge in [0.2, 0.25) is 5.91 Å². The van der Waals surface area contributed by atoms with E-state index >= 15 is 0 Å². The lowest BCUT2D eigenvalue weighted by molar-refractivity contribution is 0.0755. The molecular weight excluding hydrogens is 572 g/mol. The zero-order chi connectivity index (χ0) is 32.9. The number of aliphatic hydroxyl groups is 1. The number of aryl methyl sites for hydroxylation is 1. The third kappa shape index (κ3) is 10.1. The van der Waals surface area contributed by atoms with Crippen LogP contribution in [0.5, 0.6) is 11.5 Å². The van der Waals surface area contributed by atoms with Gasteiger partial charge in [-0.05, 0) is 73.7 Å². The summed E-state index contributed by atoms with van der Waals surface area (Å²) in [5.74, 6) is -0.215. The topological polar surface area (TPSA) is 143 Å². The summed E-state index contributed by atoms with van der Waals surface area (Å²) in [5, 5.41) is 17.6. The third-order valence-electron chi connectivity index (χ3n) is 7.47. The Morgan fingerprint density at radius 3 is 2.24 bits per heavy atom. The van der Waals surface area contributed by atoms with Gasteiger partial charge in [-0.2, -0.15) is 0 Å². The van der Waals surface area contributed by atoms with E-state index in [0.29, 0.717) is 25.4 Å². The van der Waals surface area contributed by atoms with Crippen LogP contribution in [0.4, 0.5) is 0 Å². The standard InChI is InChI=1S/C35H46N4O6/c1-6-13-39(14-7-2)35(43)28-18-26(33(36)41)17-27(19-28)34(42)38-30(20-25-15-23(3)11-12-32(25)45-5)31(40)22-37-21-24-9-8-10-29(16-24)44-4/h8-12,15-19,30-31,37,40H,6-7,13-14,20-22H2,1-5H3,(H2,36,41)(H,38,42)/t30-,31+/m0/s1. The van der Waals surface area contributed by atoms with Crippen molar-refractivity contribution in [1.82, 2.24) is 15.5 Å². The highest BCUT2D eigenvalue weighted by atomic mass is 16.5. The summed E-state index contributed by atoms with van der Waals surface area (Å²) in [7, 11) is 3.18. The Balaban J connectivity index is 1.90. The number of hydrogen-bond donors (Lipinski definition) is 4. The Bertz CT molecular complexity index is 1450. The molecule has 0 spiro atoms. The van der Waals surface area contributed by atoms with Gasteiger partial charge in [-0.1, -0.05) is 43.7 Å². The van der Waals surface area contributed by atoms with Crippen LogP contribution in [0, 0.1) is 6.92 Å². The van der Waals surface area contributed by atoms with Crippen LogP contribution in [0.15, 0.2) is 60.7 Å². The molecule has 0 heterocycles. The van der Waals surface area contributed by atoms with E-state index in [1.54, 1.807) is 19.1 Å². The number of nitrogens with one attached hydrogen (secondary N) is 2. The fraction of sp³-hybridized carbons (Fsp3) is 0.400. The van der Waals surface area contributed by atoms with Crippen molar-refractivity contribution in [3.8, 4) is 11.5 Å². The molecule has 0 fully saturated rings. The van der Waals surface area contributed by atoms with Crippen molar-refractivity contribution >= 4 is 17.7 Å². The maximum absolute atomic E-state index is 13.7. The van der Waals surface area contributed by atoms with Crippen LogP contribution < -0.4 is 25.8 Å². The van der Waals surface area contributed by atoms with Crippen LogP contribution in [0.2, 0.25) is 0 Å². The molecule has 242 valence electrons. The van der Waals surface area contributed by atoms with E-state index in [1.807, 2.05) is 63.2 Å². The molecule has 2 atom stereocenters. The fourth-order valence-corrected chi connectivity index (χ4v) is 5.19. The van der Waals surface area contributed by atoms with Crippen molar-refractivity contribution < 1.29 is 29.0 Å². The molecule has 3 rings (SSSR count). The number of methoxy groups -OCH3 is 2. The van der Waals surface area contributed by atoms with Gasteiger partial charge in [0.15, 0.2) is 0 Å². The lowest BCUT2D eigenvalue weighted by Gasteiger charge is -2.26. The van der Waals surface area contributed by atoms with E-state index in [9.17, 15) is 19.5 Å². The summed E-state index contributed by atoms with van der Waals surface area (Å²) in [4.78, 5) is 41.1. The average Bonchev–Trinajstić information content (AvgIpc) is 3.03. The lowest BCUT2D eigenvalue weighted by atomic mass is 9.97. The quantitative estimate of drug-likeness (QED) is 0.180. The zero-order valence-electron chi connectivity index (χ0n) is 26.9. The van der Waals surface area contributed by atoms with E-state index in [1.165, 1.54) is 18.2 Å². The van der Waals surface area contributed by atoms with Gasteiger partial charge in [0, 0.05) is 42.9 Å². The van der Waals surface area contributed by atoms with Gasteiger partial charge in [-0.3, -0.25) is 14.4 Å². The molecule has 3 amide bonds. The minimum Gasteiger partial charge on any atom is -0.497 e. The minimum atomic E-state index is -1.00. The first-order valence-electron chi connectivity index (χ1n) is 15.3. The first-order chi connectivity index (χ1) is 21.6. The monoisotopic (exact) mass is 618 g/mol. The number of primary amides is 1. The highest BCUT2D eigenvalue weighted by Gasteiger charge is 2.26. The van der Waals surface area contributed by atoms with Crippen molar-refractivity contribution in [1.29, 1.82) is 0 Å². The molecule has 0 aliphatic rings. The largest absolute Gasteiger partial charge is 0.497 e. The number of nitrogens with zero attached hydrogens (tertiary/aromatic N) is 1.